The van der Waals surface area contributed by atoms with Crippen molar-refractivity contribution in [2.75, 3.05) is 5.32 Å². The summed E-state index contributed by atoms with van der Waals surface area (Å²) in [5.74, 6) is 1.61. The molecule has 0 spiro atoms. The van der Waals surface area contributed by atoms with Crippen LogP contribution in [0.2, 0.25) is 0 Å². The van der Waals surface area contributed by atoms with Crippen molar-refractivity contribution in [1.29, 1.82) is 0 Å². The number of nitrogens with zero attached hydrogens (tertiary/aromatic N) is 6. The van der Waals surface area contributed by atoms with E-state index in [4.69, 9.17) is 0 Å². The van der Waals surface area contributed by atoms with Crippen LogP contribution in [0, 0.1) is 0 Å². The van der Waals surface area contributed by atoms with Crippen LogP contribution in [0.3, 0.4) is 0 Å². The van der Waals surface area contributed by atoms with Crippen LogP contribution in [-0.2, 0) is 20.6 Å². The number of anilines is 1. The molecule has 0 bridgehead atoms. The maximum atomic E-state index is 4.34. The Labute approximate surface area is 104 Å². The van der Waals surface area contributed by atoms with Gasteiger partial charge in [-0.3, -0.25) is 0 Å². The molecule has 3 heterocycles. The molecule has 7 nitrogen and oxygen atoms in total. The molecule has 0 atom stereocenters. The summed E-state index contributed by atoms with van der Waals surface area (Å²) in [4.78, 5) is 8.64. The summed E-state index contributed by atoms with van der Waals surface area (Å²) < 4.78 is 3.83. The van der Waals surface area contributed by atoms with Gasteiger partial charge in [-0.15, -0.1) is 10.2 Å². The van der Waals surface area contributed by atoms with E-state index in [1.165, 1.54) is 0 Å². The third-order valence-electron chi connectivity index (χ3n) is 2.86. The van der Waals surface area contributed by atoms with E-state index in [0.717, 1.165) is 22.7 Å². The Bertz CT molecular complexity index is 682. The maximum Gasteiger partial charge on any atom is 0.154 e. The van der Waals surface area contributed by atoms with Crippen LogP contribution in [-0.4, -0.2) is 29.3 Å². The lowest BCUT2D eigenvalue weighted by Gasteiger charge is -2.05. The Hall–Kier alpha value is -2.44. The number of hydrogen-bond acceptors (Lipinski definition) is 5. The zero-order valence-corrected chi connectivity index (χ0v) is 10.2. The maximum absolute atomic E-state index is 4.34. The second-order valence-electron chi connectivity index (χ2n) is 4.09. The summed E-state index contributed by atoms with van der Waals surface area (Å²) in [6.45, 7) is 0.569. The minimum absolute atomic E-state index is 0.569. The van der Waals surface area contributed by atoms with Crippen LogP contribution in [0.5, 0.6) is 0 Å². The number of imidazole rings is 1. The summed E-state index contributed by atoms with van der Waals surface area (Å²) >= 11 is 0. The average molecular weight is 243 g/mol. The molecule has 0 aliphatic heterocycles. The Balaban J connectivity index is 1.89. The number of aromatic nitrogens is 6. The van der Waals surface area contributed by atoms with Crippen LogP contribution in [0.4, 0.5) is 5.82 Å². The summed E-state index contributed by atoms with van der Waals surface area (Å²) in [7, 11) is 3.87. The van der Waals surface area contributed by atoms with Crippen LogP contribution >= 0.6 is 0 Å². The molecule has 0 saturated heterocycles. The van der Waals surface area contributed by atoms with Crippen molar-refractivity contribution in [2.24, 2.45) is 14.1 Å². The number of pyridine rings is 1. The summed E-state index contributed by atoms with van der Waals surface area (Å²) in [6, 6.07) is 1.94. The smallest absolute Gasteiger partial charge is 0.154 e. The lowest BCUT2D eigenvalue weighted by atomic mass is 10.3. The monoisotopic (exact) mass is 243 g/mol. The normalized spacial score (nSPS) is 11.0. The van der Waals surface area contributed by atoms with Gasteiger partial charge >= 0.3 is 0 Å². The van der Waals surface area contributed by atoms with Crippen LogP contribution in [0.25, 0.3) is 11.0 Å². The van der Waals surface area contributed by atoms with Crippen LogP contribution in [0.15, 0.2) is 24.9 Å². The zero-order valence-electron chi connectivity index (χ0n) is 10.2. The predicted molar refractivity (Wildman–Crippen MR) is 66.8 cm³/mol. The first kappa shape index (κ1) is 10.7. The van der Waals surface area contributed by atoms with Gasteiger partial charge < -0.3 is 14.5 Å². The minimum Gasteiger partial charge on any atom is -0.361 e. The highest BCUT2D eigenvalue weighted by atomic mass is 15.3. The van der Waals surface area contributed by atoms with Gasteiger partial charge in [0.25, 0.3) is 0 Å². The molecule has 0 radical (unpaired) electrons. The first-order valence-corrected chi connectivity index (χ1v) is 5.58. The molecule has 3 aromatic rings. The molecule has 7 heteroatoms. The molecular weight excluding hydrogens is 230 g/mol. The first-order valence-electron chi connectivity index (χ1n) is 5.58. The fourth-order valence-electron chi connectivity index (χ4n) is 1.82. The van der Waals surface area contributed by atoms with Crippen molar-refractivity contribution in [2.45, 2.75) is 6.54 Å². The second-order valence-corrected chi connectivity index (χ2v) is 4.09. The molecule has 3 rings (SSSR count). The molecule has 1 N–H and O–H groups in total. The van der Waals surface area contributed by atoms with Gasteiger partial charge in [-0.25, -0.2) is 9.97 Å². The Morgan fingerprint density at radius 1 is 1.17 bits per heavy atom. The highest BCUT2D eigenvalue weighted by Gasteiger charge is 2.07. The standard InChI is InChI=1S/C11H13N7/c1-17-6-14-10-8(17)3-4-12-11(10)13-5-9-16-15-7-18(9)2/h3-4,6-7H,5H2,1-2H3,(H,12,13). The minimum atomic E-state index is 0.569. The number of hydrogen-bond donors (Lipinski definition) is 1. The number of nitrogens with one attached hydrogen (secondary N) is 1. The third kappa shape index (κ3) is 1.69. The van der Waals surface area contributed by atoms with E-state index in [-0.39, 0.29) is 0 Å². The van der Waals surface area contributed by atoms with E-state index < -0.39 is 0 Å². The highest BCUT2D eigenvalue weighted by Crippen LogP contribution is 2.18. The summed E-state index contributed by atoms with van der Waals surface area (Å²) in [6.07, 6.45) is 5.22. The molecule has 0 aliphatic rings. The number of rotatable bonds is 3. The second kappa shape index (κ2) is 4.10. The van der Waals surface area contributed by atoms with Gasteiger partial charge in [-0.05, 0) is 6.07 Å². The van der Waals surface area contributed by atoms with Crippen molar-refractivity contribution < 1.29 is 0 Å². The molecule has 0 unspecified atom stereocenters. The highest BCUT2D eigenvalue weighted by molar-refractivity contribution is 5.85. The molecule has 0 aromatic carbocycles. The van der Waals surface area contributed by atoms with E-state index in [9.17, 15) is 0 Å². The van der Waals surface area contributed by atoms with Crippen LogP contribution in [0.1, 0.15) is 5.82 Å². The molecule has 92 valence electrons. The molecule has 0 saturated carbocycles. The van der Waals surface area contributed by atoms with Crippen molar-refractivity contribution >= 4 is 16.9 Å². The van der Waals surface area contributed by atoms with Crippen molar-refractivity contribution in [3.63, 3.8) is 0 Å². The SMILES string of the molecule is Cn1cnnc1CNc1nccc2c1ncn2C. The molecule has 18 heavy (non-hydrogen) atoms. The van der Waals surface area contributed by atoms with Gasteiger partial charge in [-0.2, -0.15) is 0 Å². The number of aryl methyl sites for hydroxylation is 2. The van der Waals surface area contributed by atoms with Crippen LogP contribution < -0.4 is 5.32 Å². The summed E-state index contributed by atoms with van der Waals surface area (Å²) in [5, 5.41) is 11.1. The lowest BCUT2D eigenvalue weighted by Crippen LogP contribution is -2.07. The van der Waals surface area contributed by atoms with E-state index in [1.807, 2.05) is 29.3 Å². The Morgan fingerprint density at radius 3 is 2.83 bits per heavy atom. The Kier molecular flexibility index (Phi) is 2.44. The molecule has 0 amide bonds. The lowest BCUT2D eigenvalue weighted by molar-refractivity contribution is 0.810. The van der Waals surface area contributed by atoms with Gasteiger partial charge in [0.1, 0.15) is 11.8 Å². The van der Waals surface area contributed by atoms with E-state index in [1.54, 1.807) is 18.9 Å². The average Bonchev–Trinajstić information content (AvgIpc) is 2.95. The van der Waals surface area contributed by atoms with Gasteiger partial charge in [0.2, 0.25) is 0 Å². The van der Waals surface area contributed by atoms with E-state index in [2.05, 4.69) is 25.5 Å². The van der Waals surface area contributed by atoms with Gasteiger partial charge in [0.05, 0.1) is 18.4 Å². The largest absolute Gasteiger partial charge is 0.361 e. The van der Waals surface area contributed by atoms with Crippen molar-refractivity contribution in [3.05, 3.63) is 30.7 Å². The van der Waals surface area contributed by atoms with E-state index in [0.29, 0.717) is 6.54 Å². The predicted octanol–water partition coefficient (Wildman–Crippen LogP) is 0.709. The van der Waals surface area contributed by atoms with Gasteiger partial charge in [-0.1, -0.05) is 0 Å². The fourth-order valence-corrected chi connectivity index (χ4v) is 1.82. The molecule has 0 fully saturated rings. The summed E-state index contributed by atoms with van der Waals surface area (Å²) in [5.41, 5.74) is 1.91. The van der Waals surface area contributed by atoms with Gasteiger partial charge in [0.15, 0.2) is 11.6 Å². The van der Waals surface area contributed by atoms with Crippen molar-refractivity contribution in [3.8, 4) is 0 Å². The zero-order chi connectivity index (χ0) is 12.5. The van der Waals surface area contributed by atoms with E-state index >= 15 is 0 Å². The fraction of sp³-hybridized carbons (Fsp3) is 0.273. The molecular formula is C11H13N7. The number of fused-ring (bicyclic) bond motifs is 1. The third-order valence-corrected chi connectivity index (χ3v) is 2.86. The first-order chi connectivity index (χ1) is 8.75. The molecule has 3 aromatic heterocycles. The Morgan fingerprint density at radius 2 is 2.06 bits per heavy atom. The topological polar surface area (TPSA) is 73.5 Å². The van der Waals surface area contributed by atoms with Gasteiger partial charge in [0, 0.05) is 20.3 Å². The van der Waals surface area contributed by atoms with Crippen molar-refractivity contribution in [1.82, 2.24) is 29.3 Å². The quantitative estimate of drug-likeness (QED) is 0.733. The molecule has 0 aliphatic carbocycles.